The fourth-order valence-corrected chi connectivity index (χ4v) is 1.48. The summed E-state index contributed by atoms with van der Waals surface area (Å²) in [5.41, 5.74) is 5.92. The Labute approximate surface area is 91.2 Å². The zero-order chi connectivity index (χ0) is 11.3. The smallest absolute Gasteiger partial charge is 0.138 e. The molecule has 1 rings (SSSR count). The maximum atomic E-state index is 5.92. The van der Waals surface area contributed by atoms with Gasteiger partial charge in [-0.25, -0.2) is 9.67 Å². The number of aromatic nitrogens is 3. The van der Waals surface area contributed by atoms with E-state index in [0.717, 1.165) is 25.2 Å². The Morgan fingerprint density at radius 2 is 2.33 bits per heavy atom. The zero-order valence-corrected chi connectivity index (χ0v) is 9.56. The predicted molar refractivity (Wildman–Crippen MR) is 61.4 cm³/mol. The SMILES string of the molecule is C=CCC(N)Cc1ncnn1CC(C)C. The van der Waals surface area contributed by atoms with Gasteiger partial charge in [-0.3, -0.25) is 0 Å². The number of nitrogens with zero attached hydrogens (tertiary/aromatic N) is 3. The van der Waals surface area contributed by atoms with Gasteiger partial charge in [-0.2, -0.15) is 5.10 Å². The van der Waals surface area contributed by atoms with Crippen LogP contribution >= 0.6 is 0 Å². The van der Waals surface area contributed by atoms with Gasteiger partial charge < -0.3 is 5.73 Å². The van der Waals surface area contributed by atoms with E-state index in [1.54, 1.807) is 6.33 Å². The van der Waals surface area contributed by atoms with Crippen molar-refractivity contribution in [3.63, 3.8) is 0 Å². The van der Waals surface area contributed by atoms with Gasteiger partial charge in [0.05, 0.1) is 0 Å². The number of nitrogens with two attached hydrogens (primary N) is 1. The van der Waals surface area contributed by atoms with Gasteiger partial charge in [-0.15, -0.1) is 6.58 Å². The first-order valence-corrected chi connectivity index (χ1v) is 5.36. The van der Waals surface area contributed by atoms with Crippen molar-refractivity contribution in [3.05, 3.63) is 24.8 Å². The van der Waals surface area contributed by atoms with Crippen LogP contribution in [0.15, 0.2) is 19.0 Å². The Bertz CT molecular complexity index is 303. The van der Waals surface area contributed by atoms with E-state index in [-0.39, 0.29) is 6.04 Å². The molecule has 1 aromatic rings. The van der Waals surface area contributed by atoms with Crippen molar-refractivity contribution in [3.8, 4) is 0 Å². The molecule has 1 heterocycles. The quantitative estimate of drug-likeness (QED) is 0.718. The third-order valence-corrected chi connectivity index (χ3v) is 2.15. The molecule has 1 aromatic heterocycles. The summed E-state index contributed by atoms with van der Waals surface area (Å²) >= 11 is 0. The zero-order valence-electron chi connectivity index (χ0n) is 9.56. The summed E-state index contributed by atoms with van der Waals surface area (Å²) in [6, 6.07) is 0.0950. The number of hydrogen-bond donors (Lipinski definition) is 1. The lowest BCUT2D eigenvalue weighted by atomic mass is 10.1. The second kappa shape index (κ2) is 5.66. The van der Waals surface area contributed by atoms with E-state index in [9.17, 15) is 0 Å². The van der Waals surface area contributed by atoms with Gasteiger partial charge in [0.2, 0.25) is 0 Å². The molecule has 84 valence electrons. The lowest BCUT2D eigenvalue weighted by Crippen LogP contribution is -2.24. The largest absolute Gasteiger partial charge is 0.327 e. The maximum Gasteiger partial charge on any atom is 0.138 e. The maximum absolute atomic E-state index is 5.92. The van der Waals surface area contributed by atoms with Gasteiger partial charge in [0.25, 0.3) is 0 Å². The molecule has 0 bridgehead atoms. The van der Waals surface area contributed by atoms with E-state index in [1.165, 1.54) is 0 Å². The van der Waals surface area contributed by atoms with Crippen LogP contribution < -0.4 is 5.73 Å². The Morgan fingerprint density at radius 3 is 2.93 bits per heavy atom. The van der Waals surface area contributed by atoms with Crippen molar-refractivity contribution in [2.24, 2.45) is 11.7 Å². The summed E-state index contributed by atoms with van der Waals surface area (Å²) in [6.07, 6.45) is 5.01. The van der Waals surface area contributed by atoms with Crippen molar-refractivity contribution < 1.29 is 0 Å². The average Bonchev–Trinajstić information content (AvgIpc) is 2.52. The second-order valence-corrected chi connectivity index (χ2v) is 4.24. The first-order valence-electron chi connectivity index (χ1n) is 5.36. The van der Waals surface area contributed by atoms with Crippen LogP contribution in [0.25, 0.3) is 0 Å². The summed E-state index contributed by atoms with van der Waals surface area (Å²) in [7, 11) is 0. The van der Waals surface area contributed by atoms with Crippen LogP contribution in [-0.4, -0.2) is 20.8 Å². The Balaban J connectivity index is 2.60. The van der Waals surface area contributed by atoms with Crippen LogP contribution in [0.4, 0.5) is 0 Å². The van der Waals surface area contributed by atoms with Crippen LogP contribution in [0, 0.1) is 5.92 Å². The summed E-state index contributed by atoms with van der Waals surface area (Å²) in [5.74, 6) is 1.54. The predicted octanol–water partition coefficient (Wildman–Crippen LogP) is 1.38. The first kappa shape index (κ1) is 11.9. The average molecular weight is 208 g/mol. The minimum Gasteiger partial charge on any atom is -0.327 e. The highest BCUT2D eigenvalue weighted by Gasteiger charge is 2.09. The van der Waals surface area contributed by atoms with Gasteiger partial charge in [0.15, 0.2) is 0 Å². The third-order valence-electron chi connectivity index (χ3n) is 2.15. The summed E-state index contributed by atoms with van der Waals surface area (Å²) in [6.45, 7) is 8.90. The molecule has 0 fully saturated rings. The highest BCUT2D eigenvalue weighted by atomic mass is 15.3. The van der Waals surface area contributed by atoms with Crippen molar-refractivity contribution >= 4 is 0 Å². The van der Waals surface area contributed by atoms with Crippen LogP contribution in [0.3, 0.4) is 0 Å². The molecule has 0 saturated heterocycles. The fourth-order valence-electron chi connectivity index (χ4n) is 1.48. The number of rotatable bonds is 6. The molecule has 1 unspecified atom stereocenters. The fraction of sp³-hybridized carbons (Fsp3) is 0.636. The van der Waals surface area contributed by atoms with Gasteiger partial charge in [-0.05, 0) is 12.3 Å². The Morgan fingerprint density at radius 1 is 1.60 bits per heavy atom. The molecule has 1 atom stereocenters. The highest BCUT2D eigenvalue weighted by molar-refractivity contribution is 4.91. The molecule has 2 N–H and O–H groups in total. The van der Waals surface area contributed by atoms with Gasteiger partial charge in [-0.1, -0.05) is 19.9 Å². The van der Waals surface area contributed by atoms with Crippen LogP contribution in [-0.2, 0) is 13.0 Å². The molecule has 4 nitrogen and oxygen atoms in total. The lowest BCUT2D eigenvalue weighted by Gasteiger charge is -2.11. The molecule has 0 saturated carbocycles. The van der Waals surface area contributed by atoms with E-state index in [4.69, 9.17) is 5.73 Å². The van der Waals surface area contributed by atoms with E-state index in [2.05, 4.69) is 30.5 Å². The first-order chi connectivity index (χ1) is 7.13. The van der Waals surface area contributed by atoms with Gasteiger partial charge in [0, 0.05) is 19.0 Å². The Hall–Kier alpha value is -1.16. The topological polar surface area (TPSA) is 56.7 Å². The van der Waals surface area contributed by atoms with Gasteiger partial charge in [0.1, 0.15) is 12.2 Å². The second-order valence-electron chi connectivity index (χ2n) is 4.24. The summed E-state index contributed by atoms with van der Waals surface area (Å²) in [4.78, 5) is 4.23. The summed E-state index contributed by atoms with van der Waals surface area (Å²) < 4.78 is 1.94. The van der Waals surface area contributed by atoms with Crippen molar-refractivity contribution in [2.75, 3.05) is 0 Å². The van der Waals surface area contributed by atoms with Gasteiger partial charge >= 0.3 is 0 Å². The molecule has 0 aliphatic carbocycles. The molecule has 0 radical (unpaired) electrons. The molecular weight excluding hydrogens is 188 g/mol. The molecule has 0 amide bonds. The molecule has 0 aliphatic rings. The minimum atomic E-state index is 0.0950. The van der Waals surface area contributed by atoms with Crippen molar-refractivity contribution in [1.82, 2.24) is 14.8 Å². The van der Waals surface area contributed by atoms with E-state index in [0.29, 0.717) is 5.92 Å². The van der Waals surface area contributed by atoms with Crippen LogP contribution in [0.1, 0.15) is 26.1 Å². The highest BCUT2D eigenvalue weighted by Crippen LogP contribution is 2.04. The normalized spacial score (nSPS) is 13.1. The monoisotopic (exact) mass is 208 g/mol. The standard InChI is InChI=1S/C11H20N4/c1-4-5-10(12)6-11-13-8-14-15(11)7-9(2)3/h4,8-10H,1,5-7,12H2,2-3H3. The Kier molecular flexibility index (Phi) is 4.49. The van der Waals surface area contributed by atoms with Crippen LogP contribution in [0.2, 0.25) is 0 Å². The van der Waals surface area contributed by atoms with Crippen molar-refractivity contribution in [1.29, 1.82) is 0 Å². The number of hydrogen-bond acceptors (Lipinski definition) is 3. The molecule has 15 heavy (non-hydrogen) atoms. The molecular formula is C11H20N4. The third kappa shape index (κ3) is 3.83. The van der Waals surface area contributed by atoms with E-state index in [1.807, 2.05) is 10.8 Å². The van der Waals surface area contributed by atoms with Crippen LogP contribution in [0.5, 0.6) is 0 Å². The lowest BCUT2D eigenvalue weighted by molar-refractivity contribution is 0.458. The van der Waals surface area contributed by atoms with Crippen molar-refractivity contribution in [2.45, 2.75) is 39.3 Å². The molecule has 0 aromatic carbocycles. The van der Waals surface area contributed by atoms with E-state index < -0.39 is 0 Å². The molecule has 0 spiro atoms. The summed E-state index contributed by atoms with van der Waals surface area (Å²) in [5, 5.41) is 4.19. The molecule has 4 heteroatoms. The van der Waals surface area contributed by atoms with E-state index >= 15 is 0 Å². The molecule has 0 aliphatic heterocycles. The minimum absolute atomic E-state index is 0.0950.